The Kier molecular flexibility index (Phi) is 7.05. The molecule has 0 spiro atoms. The largest absolute Gasteiger partial charge is 0.370 e. The molecule has 1 unspecified atom stereocenters. The standard InChI is InChI=1S/C19H32FN5/c1-15(2)13-18(23(3)4)14-22-19(21)25-11-9-24(10-12-25)17-7-5-16(20)6-8-17/h5-8,15,18H,9-14H2,1-4H3,(H2,21,22). The van der Waals surface area contributed by atoms with Crippen molar-refractivity contribution in [2.24, 2.45) is 16.6 Å². The number of rotatable bonds is 6. The molecule has 0 bridgehead atoms. The first-order chi connectivity index (χ1) is 11.9. The molecule has 1 aliphatic rings. The zero-order valence-corrected chi connectivity index (χ0v) is 16.0. The highest BCUT2D eigenvalue weighted by atomic mass is 19.1. The van der Waals surface area contributed by atoms with Gasteiger partial charge in [-0.25, -0.2) is 4.39 Å². The van der Waals surface area contributed by atoms with E-state index in [0.29, 0.717) is 17.9 Å². The molecular formula is C19H32FN5. The van der Waals surface area contributed by atoms with Gasteiger partial charge in [0.05, 0.1) is 6.54 Å². The van der Waals surface area contributed by atoms with Crippen molar-refractivity contribution < 1.29 is 4.39 Å². The summed E-state index contributed by atoms with van der Waals surface area (Å²) in [4.78, 5) is 11.3. The first-order valence-corrected chi connectivity index (χ1v) is 9.08. The van der Waals surface area contributed by atoms with Gasteiger partial charge in [0.1, 0.15) is 5.82 Å². The Bertz CT molecular complexity index is 547. The second-order valence-electron chi connectivity index (χ2n) is 7.40. The van der Waals surface area contributed by atoms with E-state index in [2.05, 4.69) is 47.6 Å². The van der Waals surface area contributed by atoms with Crippen molar-refractivity contribution in [2.75, 3.05) is 51.7 Å². The molecule has 0 saturated carbocycles. The zero-order chi connectivity index (χ0) is 18.4. The van der Waals surface area contributed by atoms with Gasteiger partial charge in [-0.2, -0.15) is 0 Å². The van der Waals surface area contributed by atoms with E-state index < -0.39 is 0 Å². The highest BCUT2D eigenvalue weighted by molar-refractivity contribution is 5.78. The van der Waals surface area contributed by atoms with Crippen molar-refractivity contribution in [2.45, 2.75) is 26.3 Å². The third kappa shape index (κ3) is 5.88. The van der Waals surface area contributed by atoms with E-state index in [9.17, 15) is 4.39 Å². The van der Waals surface area contributed by atoms with E-state index in [1.807, 2.05) is 12.1 Å². The van der Waals surface area contributed by atoms with Gasteiger partial charge in [-0.1, -0.05) is 13.8 Å². The van der Waals surface area contributed by atoms with E-state index in [1.165, 1.54) is 12.1 Å². The van der Waals surface area contributed by atoms with E-state index in [4.69, 9.17) is 5.73 Å². The molecule has 0 amide bonds. The van der Waals surface area contributed by atoms with Crippen molar-refractivity contribution in [3.8, 4) is 0 Å². The van der Waals surface area contributed by atoms with Crippen molar-refractivity contribution in [1.82, 2.24) is 9.80 Å². The van der Waals surface area contributed by atoms with Crippen LogP contribution in [0.3, 0.4) is 0 Å². The molecule has 1 atom stereocenters. The number of hydrogen-bond acceptors (Lipinski definition) is 3. The Hall–Kier alpha value is -1.82. The summed E-state index contributed by atoms with van der Waals surface area (Å²) in [5, 5.41) is 0. The normalized spacial score (nSPS) is 17.5. The van der Waals surface area contributed by atoms with Crippen LogP contribution in [0.1, 0.15) is 20.3 Å². The summed E-state index contributed by atoms with van der Waals surface area (Å²) in [5.74, 6) is 1.08. The molecule has 1 fully saturated rings. The molecule has 0 radical (unpaired) electrons. The van der Waals surface area contributed by atoms with Gasteiger partial charge in [0.25, 0.3) is 0 Å². The smallest absolute Gasteiger partial charge is 0.191 e. The van der Waals surface area contributed by atoms with Crippen LogP contribution < -0.4 is 10.6 Å². The monoisotopic (exact) mass is 349 g/mol. The minimum Gasteiger partial charge on any atom is -0.370 e. The number of piperazine rings is 1. The van der Waals surface area contributed by atoms with Crippen LogP contribution in [0.4, 0.5) is 10.1 Å². The number of likely N-dealkylation sites (N-methyl/N-ethyl adjacent to an activating group) is 1. The summed E-state index contributed by atoms with van der Waals surface area (Å²) in [6.07, 6.45) is 1.11. The third-order valence-electron chi connectivity index (χ3n) is 4.73. The first-order valence-electron chi connectivity index (χ1n) is 9.08. The Morgan fingerprint density at radius 2 is 1.76 bits per heavy atom. The fourth-order valence-corrected chi connectivity index (χ4v) is 3.14. The predicted octanol–water partition coefficient (Wildman–Crippen LogP) is 2.24. The van der Waals surface area contributed by atoms with Crippen molar-refractivity contribution >= 4 is 11.6 Å². The lowest BCUT2D eigenvalue weighted by atomic mass is 10.0. The summed E-state index contributed by atoms with van der Waals surface area (Å²) in [7, 11) is 4.19. The Balaban J connectivity index is 1.87. The number of halogens is 1. The van der Waals surface area contributed by atoms with Gasteiger partial charge in [0.2, 0.25) is 0 Å². The van der Waals surface area contributed by atoms with Crippen molar-refractivity contribution in [1.29, 1.82) is 0 Å². The molecule has 6 heteroatoms. The molecular weight excluding hydrogens is 317 g/mol. The molecule has 0 aliphatic carbocycles. The number of benzene rings is 1. The summed E-state index contributed by atoms with van der Waals surface area (Å²) in [5.41, 5.74) is 7.28. The molecule has 1 aliphatic heterocycles. The van der Waals surface area contributed by atoms with Gasteiger partial charge in [0, 0.05) is 37.9 Å². The quantitative estimate of drug-likeness (QED) is 0.632. The molecule has 1 aromatic carbocycles. The van der Waals surface area contributed by atoms with Crippen LogP contribution >= 0.6 is 0 Å². The number of nitrogens with zero attached hydrogens (tertiary/aromatic N) is 4. The summed E-state index contributed by atoms with van der Waals surface area (Å²) < 4.78 is 13.0. The summed E-state index contributed by atoms with van der Waals surface area (Å²) in [6.45, 7) is 8.61. The van der Waals surface area contributed by atoms with Crippen LogP contribution in [0.25, 0.3) is 0 Å². The molecule has 1 heterocycles. The van der Waals surface area contributed by atoms with E-state index >= 15 is 0 Å². The minimum atomic E-state index is -0.199. The molecule has 140 valence electrons. The molecule has 2 rings (SSSR count). The SMILES string of the molecule is CC(C)CC(CN=C(N)N1CCN(c2ccc(F)cc2)CC1)N(C)C. The van der Waals surface area contributed by atoms with Gasteiger partial charge in [-0.3, -0.25) is 4.99 Å². The van der Waals surface area contributed by atoms with Gasteiger partial charge < -0.3 is 20.4 Å². The minimum absolute atomic E-state index is 0.199. The van der Waals surface area contributed by atoms with Crippen LogP contribution in [0, 0.1) is 11.7 Å². The highest BCUT2D eigenvalue weighted by Crippen LogP contribution is 2.17. The van der Waals surface area contributed by atoms with Crippen molar-refractivity contribution in [3.63, 3.8) is 0 Å². The predicted molar refractivity (Wildman–Crippen MR) is 104 cm³/mol. The molecule has 1 saturated heterocycles. The van der Waals surface area contributed by atoms with Crippen LogP contribution in [-0.2, 0) is 0 Å². The second kappa shape index (κ2) is 9.04. The van der Waals surface area contributed by atoms with Crippen molar-refractivity contribution in [3.05, 3.63) is 30.1 Å². The number of anilines is 1. The lowest BCUT2D eigenvalue weighted by Gasteiger charge is -2.36. The number of hydrogen-bond donors (Lipinski definition) is 1. The van der Waals surface area contributed by atoms with Gasteiger partial charge in [-0.05, 0) is 50.7 Å². The lowest BCUT2D eigenvalue weighted by molar-refractivity contribution is 0.260. The Morgan fingerprint density at radius 3 is 2.28 bits per heavy atom. The third-order valence-corrected chi connectivity index (χ3v) is 4.73. The Morgan fingerprint density at radius 1 is 1.16 bits per heavy atom. The molecule has 25 heavy (non-hydrogen) atoms. The van der Waals surface area contributed by atoms with Gasteiger partial charge in [-0.15, -0.1) is 0 Å². The molecule has 2 N–H and O–H groups in total. The molecule has 1 aromatic rings. The first kappa shape index (κ1) is 19.5. The fraction of sp³-hybridized carbons (Fsp3) is 0.632. The molecule has 0 aromatic heterocycles. The average molecular weight is 349 g/mol. The Labute approximate surface area is 151 Å². The van der Waals surface area contributed by atoms with Gasteiger partial charge >= 0.3 is 0 Å². The number of nitrogens with two attached hydrogens (primary N) is 1. The van der Waals surface area contributed by atoms with E-state index in [1.54, 1.807) is 0 Å². The maximum Gasteiger partial charge on any atom is 0.191 e. The fourth-order valence-electron chi connectivity index (χ4n) is 3.14. The maximum atomic E-state index is 13.0. The van der Waals surface area contributed by atoms with E-state index in [-0.39, 0.29) is 5.82 Å². The summed E-state index contributed by atoms with van der Waals surface area (Å²) >= 11 is 0. The second-order valence-corrected chi connectivity index (χ2v) is 7.40. The average Bonchev–Trinajstić information content (AvgIpc) is 2.58. The van der Waals surface area contributed by atoms with Gasteiger partial charge in [0.15, 0.2) is 5.96 Å². The van der Waals surface area contributed by atoms with Crippen LogP contribution in [0.2, 0.25) is 0 Å². The van der Waals surface area contributed by atoms with Crippen LogP contribution in [0.15, 0.2) is 29.3 Å². The highest BCUT2D eigenvalue weighted by Gasteiger charge is 2.19. The topological polar surface area (TPSA) is 48.1 Å². The number of guanidine groups is 1. The molecule has 5 nitrogen and oxygen atoms in total. The zero-order valence-electron chi connectivity index (χ0n) is 16.0. The lowest BCUT2D eigenvalue weighted by Crippen LogP contribution is -2.51. The van der Waals surface area contributed by atoms with Crippen LogP contribution in [-0.4, -0.2) is 68.6 Å². The van der Waals surface area contributed by atoms with Crippen LogP contribution in [0.5, 0.6) is 0 Å². The summed E-state index contributed by atoms with van der Waals surface area (Å²) in [6, 6.07) is 7.09. The number of aliphatic imine (C=N–C) groups is 1. The maximum absolute atomic E-state index is 13.0. The van der Waals surface area contributed by atoms with E-state index in [0.717, 1.165) is 44.8 Å².